The van der Waals surface area contributed by atoms with Gasteiger partial charge < -0.3 is 9.80 Å². The molecule has 46 heavy (non-hydrogen) atoms. The molecule has 0 saturated carbocycles. The van der Waals surface area contributed by atoms with Crippen molar-refractivity contribution in [3.8, 4) is 0 Å². The van der Waals surface area contributed by atoms with Crippen LogP contribution in [0.15, 0.2) is 48.5 Å². The SMILES string of the molecule is O=C1c2ccc3c4ccc5c6c(ccc(c7ccc(c2c37)C(=O)N1CC[NH+]1CCCCC1)c64)C(=O)N(CC[NH+]1CCCCC1)C5=O. The Labute approximate surface area is 266 Å². The van der Waals surface area contributed by atoms with Gasteiger partial charge in [-0.25, -0.2) is 0 Å². The number of rotatable bonds is 6. The smallest absolute Gasteiger partial charge is 0.261 e. The summed E-state index contributed by atoms with van der Waals surface area (Å²) in [6, 6.07) is 15.4. The van der Waals surface area contributed by atoms with Crippen LogP contribution in [-0.4, -0.2) is 85.8 Å². The number of quaternary nitrogens is 2. The van der Waals surface area contributed by atoms with Gasteiger partial charge in [-0.1, -0.05) is 24.3 Å². The monoisotopic (exact) mass is 614 g/mol. The summed E-state index contributed by atoms with van der Waals surface area (Å²) in [4.78, 5) is 61.2. The summed E-state index contributed by atoms with van der Waals surface area (Å²) < 4.78 is 0. The third-order valence-electron chi connectivity index (χ3n) is 11.3. The van der Waals surface area contributed by atoms with Crippen LogP contribution in [0.4, 0.5) is 0 Å². The molecular weight excluding hydrogens is 576 g/mol. The van der Waals surface area contributed by atoms with E-state index < -0.39 is 0 Å². The van der Waals surface area contributed by atoms with Gasteiger partial charge in [0.1, 0.15) is 0 Å². The van der Waals surface area contributed by atoms with Gasteiger partial charge >= 0.3 is 0 Å². The summed E-state index contributed by atoms with van der Waals surface area (Å²) in [6.07, 6.45) is 7.31. The normalized spacial score (nSPS) is 19.6. The first-order valence-electron chi connectivity index (χ1n) is 17.1. The van der Waals surface area contributed by atoms with E-state index in [4.69, 9.17) is 0 Å². The van der Waals surface area contributed by atoms with Gasteiger partial charge in [0.15, 0.2) is 0 Å². The Morgan fingerprint density at radius 1 is 0.413 bits per heavy atom. The summed E-state index contributed by atoms with van der Waals surface area (Å²) in [7, 11) is 0. The molecule has 2 saturated heterocycles. The number of piperidine rings is 2. The Balaban J connectivity index is 1.14. The van der Waals surface area contributed by atoms with Gasteiger partial charge in [-0.15, -0.1) is 0 Å². The Bertz CT molecular complexity index is 1850. The fraction of sp³-hybridized carbons (Fsp3) is 0.368. The lowest BCUT2D eigenvalue weighted by Gasteiger charge is -2.31. The second kappa shape index (κ2) is 10.6. The molecule has 2 N–H and O–H groups in total. The number of hydrogen-bond donors (Lipinski definition) is 2. The standard InChI is InChI=1S/C38H36N4O4/c43-35-27-11-7-23-25-9-13-29-34-30(38(46)42(37(29)45)22-20-40-17-5-2-6-18-40)14-10-26(32(25)34)24-8-12-28(33(27)31(23)24)36(44)41(35)21-19-39-15-3-1-4-16-39/h7-14H,1-6,15-22H2/p+2. The third kappa shape index (κ3) is 3.99. The number of nitrogens with one attached hydrogen (secondary N) is 2. The summed E-state index contributed by atoms with van der Waals surface area (Å²) in [5, 5.41) is 6.92. The van der Waals surface area contributed by atoms with Gasteiger partial charge in [0.25, 0.3) is 23.6 Å². The predicted molar refractivity (Wildman–Crippen MR) is 177 cm³/mol. The van der Waals surface area contributed by atoms with Gasteiger partial charge in [0, 0.05) is 33.0 Å². The molecule has 8 heteroatoms. The van der Waals surface area contributed by atoms with Gasteiger partial charge in [0.05, 0.1) is 52.4 Å². The van der Waals surface area contributed by atoms with Crippen molar-refractivity contribution in [1.29, 1.82) is 0 Å². The largest absolute Gasteiger partial charge is 0.333 e. The van der Waals surface area contributed by atoms with Gasteiger partial charge in [0.2, 0.25) is 0 Å². The molecule has 4 heterocycles. The van der Waals surface area contributed by atoms with Crippen LogP contribution in [0, 0.1) is 0 Å². The van der Waals surface area contributed by atoms with Gasteiger partial charge in [-0.2, -0.15) is 0 Å². The van der Waals surface area contributed by atoms with Crippen LogP contribution in [0.3, 0.4) is 0 Å². The number of fused-ring (bicyclic) bond motifs is 2. The quantitative estimate of drug-likeness (QED) is 0.175. The van der Waals surface area contributed by atoms with Crippen molar-refractivity contribution in [3.05, 3.63) is 70.8 Å². The van der Waals surface area contributed by atoms with E-state index in [0.717, 1.165) is 71.6 Å². The molecule has 8 nitrogen and oxygen atoms in total. The van der Waals surface area contributed by atoms with Crippen molar-refractivity contribution in [2.75, 3.05) is 52.4 Å². The fourth-order valence-electron chi connectivity index (χ4n) is 8.92. The maximum absolute atomic E-state index is 13.9. The maximum Gasteiger partial charge on any atom is 0.261 e. The molecule has 0 atom stereocenters. The van der Waals surface area contributed by atoms with E-state index in [-0.39, 0.29) is 23.6 Å². The molecule has 0 unspecified atom stereocenters. The van der Waals surface area contributed by atoms with E-state index in [1.54, 1.807) is 0 Å². The number of carbonyl (C=O) groups is 4. The average molecular weight is 615 g/mol. The minimum absolute atomic E-state index is 0.226. The molecule has 0 aliphatic carbocycles. The first-order chi connectivity index (χ1) is 22.5. The highest BCUT2D eigenvalue weighted by Gasteiger charge is 2.37. The highest BCUT2D eigenvalue weighted by Crippen LogP contribution is 2.46. The number of imide groups is 2. The van der Waals surface area contributed by atoms with E-state index in [9.17, 15) is 19.2 Å². The molecule has 4 aliphatic heterocycles. The lowest BCUT2D eigenvalue weighted by atomic mass is 9.82. The molecule has 4 amide bonds. The number of hydrogen-bond acceptors (Lipinski definition) is 4. The minimum atomic E-state index is -0.226. The molecule has 5 aromatic carbocycles. The topological polar surface area (TPSA) is 83.6 Å². The minimum Gasteiger partial charge on any atom is -0.333 e. The number of nitrogens with zero attached hydrogens (tertiary/aromatic N) is 2. The Morgan fingerprint density at radius 2 is 0.717 bits per heavy atom. The molecule has 9 rings (SSSR count). The Hall–Kier alpha value is -4.40. The summed E-state index contributed by atoms with van der Waals surface area (Å²) in [5.41, 5.74) is 2.26. The second-order valence-electron chi connectivity index (χ2n) is 13.8. The van der Waals surface area contributed by atoms with Crippen LogP contribution >= 0.6 is 0 Å². The molecule has 0 spiro atoms. The van der Waals surface area contributed by atoms with Crippen LogP contribution in [0.2, 0.25) is 0 Å². The second-order valence-corrected chi connectivity index (χ2v) is 13.8. The van der Waals surface area contributed by atoms with Crippen LogP contribution in [-0.2, 0) is 0 Å². The molecule has 4 aliphatic rings. The summed E-state index contributed by atoms with van der Waals surface area (Å²) >= 11 is 0. The number of likely N-dealkylation sites (tertiary alicyclic amines) is 2. The highest BCUT2D eigenvalue weighted by molar-refractivity contribution is 6.41. The van der Waals surface area contributed by atoms with Crippen molar-refractivity contribution in [1.82, 2.24) is 9.80 Å². The summed E-state index contributed by atoms with van der Waals surface area (Å²) in [6.45, 7) is 6.78. The maximum atomic E-state index is 13.9. The molecule has 0 radical (unpaired) electrons. The van der Waals surface area contributed by atoms with E-state index >= 15 is 0 Å². The van der Waals surface area contributed by atoms with Crippen molar-refractivity contribution in [2.24, 2.45) is 0 Å². The predicted octanol–water partition coefficient (Wildman–Crippen LogP) is 3.07. The average Bonchev–Trinajstić information content (AvgIpc) is 3.09. The van der Waals surface area contributed by atoms with Crippen LogP contribution < -0.4 is 9.80 Å². The zero-order valence-electron chi connectivity index (χ0n) is 26.0. The molecule has 0 bridgehead atoms. The zero-order valence-corrected chi connectivity index (χ0v) is 26.0. The van der Waals surface area contributed by atoms with Gasteiger partial charge in [-0.05, 0) is 95.1 Å². The molecule has 232 valence electrons. The zero-order chi connectivity index (χ0) is 31.1. The number of amides is 4. The number of benzene rings is 5. The number of carbonyl (C=O) groups excluding carboxylic acids is 4. The first kappa shape index (κ1) is 27.9. The van der Waals surface area contributed by atoms with E-state index in [1.165, 1.54) is 58.1 Å². The Kier molecular flexibility index (Phi) is 6.41. The van der Waals surface area contributed by atoms with Crippen LogP contribution in [0.25, 0.3) is 43.1 Å². The lowest BCUT2D eigenvalue weighted by molar-refractivity contribution is -0.904. The lowest BCUT2D eigenvalue weighted by Crippen LogP contribution is -3.13. The molecule has 0 aromatic heterocycles. The van der Waals surface area contributed by atoms with Crippen LogP contribution in [0.5, 0.6) is 0 Å². The molecule has 5 aromatic rings. The van der Waals surface area contributed by atoms with Crippen LogP contribution in [0.1, 0.15) is 80.0 Å². The van der Waals surface area contributed by atoms with Crippen molar-refractivity contribution < 1.29 is 29.0 Å². The van der Waals surface area contributed by atoms with Gasteiger partial charge in [-0.3, -0.25) is 29.0 Å². The van der Waals surface area contributed by atoms with E-state index in [0.29, 0.717) is 46.1 Å². The fourth-order valence-corrected chi connectivity index (χ4v) is 8.92. The highest BCUT2D eigenvalue weighted by atomic mass is 16.2. The van der Waals surface area contributed by atoms with Crippen molar-refractivity contribution in [2.45, 2.75) is 38.5 Å². The van der Waals surface area contributed by atoms with Crippen molar-refractivity contribution >= 4 is 66.7 Å². The van der Waals surface area contributed by atoms with E-state index in [1.807, 2.05) is 48.5 Å². The molecule has 2 fully saturated rings. The summed E-state index contributed by atoms with van der Waals surface area (Å²) in [5.74, 6) is -0.902. The van der Waals surface area contributed by atoms with E-state index in [2.05, 4.69) is 0 Å². The van der Waals surface area contributed by atoms with Crippen molar-refractivity contribution in [3.63, 3.8) is 0 Å². The Morgan fingerprint density at radius 3 is 1.02 bits per heavy atom. The molecular formula is C38H38N4O4+2. The third-order valence-corrected chi connectivity index (χ3v) is 11.3. The first-order valence-corrected chi connectivity index (χ1v) is 17.1.